The summed E-state index contributed by atoms with van der Waals surface area (Å²) in [5.74, 6) is 4.20. The van der Waals surface area contributed by atoms with Gasteiger partial charge in [0.05, 0.1) is 6.61 Å². The van der Waals surface area contributed by atoms with E-state index in [9.17, 15) is 0 Å². The van der Waals surface area contributed by atoms with Crippen LogP contribution in [0.4, 0.5) is 0 Å². The third-order valence-corrected chi connectivity index (χ3v) is 2.91. The van der Waals surface area contributed by atoms with E-state index in [4.69, 9.17) is 11.2 Å². The molecule has 1 rings (SSSR count). The van der Waals surface area contributed by atoms with Crippen molar-refractivity contribution in [2.24, 2.45) is 0 Å². The van der Waals surface area contributed by atoms with Gasteiger partial charge in [-0.3, -0.25) is 0 Å². The molecule has 1 unspecified atom stereocenters. The van der Waals surface area contributed by atoms with Gasteiger partial charge in [0.2, 0.25) is 0 Å². The molecule has 92 valence electrons. The Bertz CT molecular complexity index is 387. The van der Waals surface area contributed by atoms with Crippen LogP contribution >= 0.6 is 0 Å². The first-order chi connectivity index (χ1) is 8.22. The van der Waals surface area contributed by atoms with Crippen LogP contribution < -0.4 is 4.74 Å². The number of hydrogen-bond donors (Lipinski definition) is 0. The first kappa shape index (κ1) is 13.6. The van der Waals surface area contributed by atoms with E-state index in [2.05, 4.69) is 38.0 Å². The highest BCUT2D eigenvalue weighted by atomic mass is 16.5. The number of hydrogen-bond acceptors (Lipinski definition) is 1. The Kier molecular flexibility index (Phi) is 5.63. The fraction of sp³-hybridized carbons (Fsp3) is 0.500. The molecule has 1 nitrogen and oxygen atoms in total. The average molecular weight is 230 g/mol. The van der Waals surface area contributed by atoms with Gasteiger partial charge in [-0.1, -0.05) is 31.0 Å². The Labute approximate surface area is 105 Å². The van der Waals surface area contributed by atoms with E-state index in [1.165, 1.54) is 11.1 Å². The van der Waals surface area contributed by atoms with Crippen LogP contribution in [-0.4, -0.2) is 6.61 Å². The van der Waals surface area contributed by atoms with E-state index >= 15 is 0 Å². The van der Waals surface area contributed by atoms with E-state index in [1.54, 1.807) is 0 Å². The van der Waals surface area contributed by atoms with Crippen LogP contribution in [0.1, 0.15) is 50.2 Å². The summed E-state index contributed by atoms with van der Waals surface area (Å²) in [7, 11) is 0. The largest absolute Gasteiger partial charge is 0.494 e. The normalized spacial score (nSPS) is 11.9. The molecule has 1 atom stereocenters. The summed E-state index contributed by atoms with van der Waals surface area (Å²) in [4.78, 5) is 0. The van der Waals surface area contributed by atoms with Gasteiger partial charge < -0.3 is 4.74 Å². The molecular weight excluding hydrogens is 208 g/mol. The van der Waals surface area contributed by atoms with Crippen molar-refractivity contribution < 1.29 is 4.74 Å². The van der Waals surface area contributed by atoms with Gasteiger partial charge in [0.25, 0.3) is 0 Å². The molecule has 0 aromatic heterocycles. The van der Waals surface area contributed by atoms with Gasteiger partial charge in [-0.25, -0.2) is 0 Å². The van der Waals surface area contributed by atoms with E-state index < -0.39 is 0 Å². The third-order valence-electron chi connectivity index (χ3n) is 2.91. The molecule has 0 aliphatic heterocycles. The van der Waals surface area contributed by atoms with Gasteiger partial charge in [0.1, 0.15) is 5.75 Å². The molecule has 1 heteroatoms. The van der Waals surface area contributed by atoms with E-state index in [0.717, 1.165) is 25.0 Å². The summed E-state index contributed by atoms with van der Waals surface area (Å²) in [5, 5.41) is 0. The Balaban J connectivity index is 3.05. The first-order valence-electron chi connectivity index (χ1n) is 6.39. The number of terminal acetylenes is 1. The second kappa shape index (κ2) is 7.01. The predicted molar refractivity (Wildman–Crippen MR) is 73.4 cm³/mol. The minimum atomic E-state index is 0.423. The summed E-state index contributed by atoms with van der Waals surface area (Å²) in [5.41, 5.74) is 2.54. The van der Waals surface area contributed by atoms with Crippen LogP contribution in [0.5, 0.6) is 5.75 Å². The Hall–Kier alpha value is -1.42. The van der Waals surface area contributed by atoms with Crippen molar-refractivity contribution in [3.8, 4) is 18.1 Å². The van der Waals surface area contributed by atoms with Gasteiger partial charge in [-0.05, 0) is 37.8 Å². The van der Waals surface area contributed by atoms with Crippen molar-refractivity contribution in [2.45, 2.75) is 46.0 Å². The third kappa shape index (κ3) is 3.82. The molecule has 0 aliphatic carbocycles. The fourth-order valence-electron chi connectivity index (χ4n) is 2.13. The zero-order valence-corrected chi connectivity index (χ0v) is 11.1. The van der Waals surface area contributed by atoms with E-state index in [0.29, 0.717) is 12.5 Å². The minimum Gasteiger partial charge on any atom is -0.494 e. The zero-order valence-electron chi connectivity index (χ0n) is 11.1. The van der Waals surface area contributed by atoms with Crippen LogP contribution in [0, 0.1) is 19.3 Å². The Morgan fingerprint density at radius 2 is 2.12 bits per heavy atom. The lowest BCUT2D eigenvalue weighted by atomic mass is 9.90. The summed E-state index contributed by atoms with van der Waals surface area (Å²) >= 11 is 0. The van der Waals surface area contributed by atoms with Crippen molar-refractivity contribution in [1.82, 2.24) is 0 Å². The SMILES string of the molecule is C#CCC(CCC)c1cc(C)ccc1OCC. The minimum absolute atomic E-state index is 0.423. The van der Waals surface area contributed by atoms with Crippen LogP contribution in [-0.2, 0) is 0 Å². The molecule has 0 bridgehead atoms. The maximum absolute atomic E-state index is 5.70. The zero-order chi connectivity index (χ0) is 12.7. The highest BCUT2D eigenvalue weighted by molar-refractivity contribution is 5.40. The summed E-state index contributed by atoms with van der Waals surface area (Å²) in [6, 6.07) is 6.36. The fourth-order valence-corrected chi connectivity index (χ4v) is 2.13. The Morgan fingerprint density at radius 1 is 1.35 bits per heavy atom. The van der Waals surface area contributed by atoms with Crippen molar-refractivity contribution in [3.05, 3.63) is 29.3 Å². The maximum atomic E-state index is 5.70. The lowest BCUT2D eigenvalue weighted by molar-refractivity contribution is 0.333. The lowest BCUT2D eigenvalue weighted by Gasteiger charge is -2.18. The van der Waals surface area contributed by atoms with Crippen molar-refractivity contribution in [1.29, 1.82) is 0 Å². The molecule has 0 aliphatic rings. The molecule has 1 aromatic rings. The van der Waals surface area contributed by atoms with E-state index in [-0.39, 0.29) is 0 Å². The summed E-state index contributed by atoms with van der Waals surface area (Å²) in [6.07, 6.45) is 8.52. The van der Waals surface area contributed by atoms with Gasteiger partial charge in [0, 0.05) is 6.42 Å². The summed E-state index contributed by atoms with van der Waals surface area (Å²) < 4.78 is 5.70. The Morgan fingerprint density at radius 3 is 2.71 bits per heavy atom. The number of benzene rings is 1. The molecule has 1 aromatic carbocycles. The van der Waals surface area contributed by atoms with Gasteiger partial charge in [0.15, 0.2) is 0 Å². The highest BCUT2D eigenvalue weighted by Gasteiger charge is 2.14. The van der Waals surface area contributed by atoms with Crippen LogP contribution in [0.2, 0.25) is 0 Å². The lowest BCUT2D eigenvalue weighted by Crippen LogP contribution is -2.03. The monoisotopic (exact) mass is 230 g/mol. The number of rotatable bonds is 6. The van der Waals surface area contributed by atoms with Gasteiger partial charge >= 0.3 is 0 Å². The predicted octanol–water partition coefficient (Wildman–Crippen LogP) is 4.30. The van der Waals surface area contributed by atoms with Crippen molar-refractivity contribution in [3.63, 3.8) is 0 Å². The molecular formula is C16H22O. The van der Waals surface area contributed by atoms with Crippen molar-refractivity contribution in [2.75, 3.05) is 6.61 Å². The molecule has 0 saturated heterocycles. The molecule has 17 heavy (non-hydrogen) atoms. The molecule has 0 radical (unpaired) electrons. The maximum Gasteiger partial charge on any atom is 0.122 e. The number of ether oxygens (including phenoxy) is 1. The van der Waals surface area contributed by atoms with Gasteiger partial charge in [-0.2, -0.15) is 0 Å². The van der Waals surface area contributed by atoms with Crippen LogP contribution in [0.25, 0.3) is 0 Å². The van der Waals surface area contributed by atoms with E-state index in [1.807, 2.05) is 6.92 Å². The van der Waals surface area contributed by atoms with Crippen LogP contribution in [0.15, 0.2) is 18.2 Å². The first-order valence-corrected chi connectivity index (χ1v) is 6.39. The second-order valence-electron chi connectivity index (χ2n) is 4.37. The molecule has 0 spiro atoms. The molecule has 0 saturated carbocycles. The molecule has 0 N–H and O–H groups in total. The molecule has 0 fully saturated rings. The smallest absolute Gasteiger partial charge is 0.122 e. The highest BCUT2D eigenvalue weighted by Crippen LogP contribution is 2.33. The topological polar surface area (TPSA) is 9.23 Å². The quantitative estimate of drug-likeness (QED) is 0.662. The summed E-state index contributed by atoms with van der Waals surface area (Å²) in [6.45, 7) is 7.02. The second-order valence-corrected chi connectivity index (χ2v) is 4.37. The number of aryl methyl sites for hydroxylation is 1. The van der Waals surface area contributed by atoms with Gasteiger partial charge in [-0.15, -0.1) is 12.3 Å². The average Bonchev–Trinajstić information content (AvgIpc) is 2.31. The molecule has 0 amide bonds. The molecule has 0 heterocycles. The van der Waals surface area contributed by atoms with Crippen LogP contribution in [0.3, 0.4) is 0 Å². The standard InChI is InChI=1S/C16H22O/c1-5-8-14(9-6-2)15-12-13(4)10-11-16(15)17-7-3/h1,10-12,14H,6-9H2,2-4H3. The van der Waals surface area contributed by atoms with Crippen molar-refractivity contribution >= 4 is 0 Å².